The summed E-state index contributed by atoms with van der Waals surface area (Å²) in [6.45, 7) is 4.59. The lowest BCUT2D eigenvalue weighted by atomic mass is 10.2. The fraction of sp³-hybridized carbons (Fsp3) is 0.400. The fourth-order valence-corrected chi connectivity index (χ4v) is 6.72. The average Bonchev–Trinajstić information content (AvgIpc) is 2.66. The first-order valence-corrected chi connectivity index (χ1v) is 12.5. The van der Waals surface area contributed by atoms with Gasteiger partial charge in [0.25, 0.3) is 0 Å². The molecule has 0 N–H and O–H groups in total. The van der Waals surface area contributed by atoms with E-state index in [1.807, 2.05) is 37.3 Å². The molecule has 0 aliphatic carbocycles. The van der Waals surface area contributed by atoms with Gasteiger partial charge in [-0.3, -0.25) is 4.31 Å². The van der Waals surface area contributed by atoms with E-state index in [1.165, 1.54) is 14.7 Å². The molecule has 1 saturated heterocycles. The zero-order valence-electron chi connectivity index (χ0n) is 16.2. The van der Waals surface area contributed by atoms with Crippen molar-refractivity contribution in [2.75, 3.05) is 23.1 Å². The lowest BCUT2D eigenvalue weighted by molar-refractivity contribution is 0.423. The molecule has 0 bridgehead atoms. The number of sulfonamides is 2. The van der Waals surface area contributed by atoms with Gasteiger partial charge in [0.15, 0.2) is 0 Å². The average molecular weight is 423 g/mol. The molecular formula is C20H26N2O4S2. The van der Waals surface area contributed by atoms with Crippen LogP contribution >= 0.6 is 0 Å². The van der Waals surface area contributed by atoms with Crippen LogP contribution in [0.25, 0.3) is 0 Å². The minimum absolute atomic E-state index is 0.132. The second-order valence-corrected chi connectivity index (χ2v) is 10.9. The molecule has 3 rings (SSSR count). The van der Waals surface area contributed by atoms with E-state index in [0.29, 0.717) is 37.3 Å². The van der Waals surface area contributed by atoms with Gasteiger partial charge >= 0.3 is 0 Å². The van der Waals surface area contributed by atoms with Gasteiger partial charge in [-0.25, -0.2) is 16.8 Å². The summed E-state index contributed by atoms with van der Waals surface area (Å²) >= 11 is 0. The van der Waals surface area contributed by atoms with E-state index in [0.717, 1.165) is 12.0 Å². The Morgan fingerprint density at radius 3 is 2.39 bits per heavy atom. The number of anilines is 1. The lowest BCUT2D eigenvalue weighted by Crippen LogP contribution is -2.38. The first-order valence-electron chi connectivity index (χ1n) is 9.41. The molecule has 0 atom stereocenters. The van der Waals surface area contributed by atoms with Crippen LogP contribution in [0.4, 0.5) is 5.69 Å². The zero-order valence-corrected chi connectivity index (χ0v) is 17.8. The molecular weight excluding hydrogens is 396 g/mol. The van der Waals surface area contributed by atoms with Crippen LogP contribution in [0, 0.1) is 6.92 Å². The van der Waals surface area contributed by atoms with Crippen molar-refractivity contribution in [1.82, 2.24) is 4.31 Å². The van der Waals surface area contributed by atoms with Crippen LogP contribution in [-0.4, -0.2) is 40.0 Å². The number of hydrogen-bond acceptors (Lipinski definition) is 4. The van der Waals surface area contributed by atoms with Gasteiger partial charge in [0, 0.05) is 19.6 Å². The molecule has 28 heavy (non-hydrogen) atoms. The summed E-state index contributed by atoms with van der Waals surface area (Å²) in [5.41, 5.74) is 1.99. The number of hydrogen-bond donors (Lipinski definition) is 0. The Hall–Kier alpha value is -1.90. The second-order valence-electron chi connectivity index (χ2n) is 6.96. The SMILES string of the molecule is CCN(Cc1ccccc1)S(=O)(=O)c1ccc(N2CCCCS2(=O)=O)cc1C. The molecule has 152 valence electrons. The molecule has 0 amide bonds. The summed E-state index contributed by atoms with van der Waals surface area (Å²) in [5, 5.41) is 0. The summed E-state index contributed by atoms with van der Waals surface area (Å²) < 4.78 is 53.9. The van der Waals surface area contributed by atoms with Crippen LogP contribution in [0.5, 0.6) is 0 Å². The van der Waals surface area contributed by atoms with Crippen LogP contribution in [0.2, 0.25) is 0 Å². The third-order valence-corrected chi connectivity index (χ3v) is 8.92. The lowest BCUT2D eigenvalue weighted by Gasteiger charge is -2.29. The standard InChI is InChI=1S/C20H26N2O4S2/c1-3-21(16-18-9-5-4-6-10-18)28(25,26)20-12-11-19(15-17(20)2)22-13-7-8-14-27(22,23)24/h4-6,9-12,15H,3,7-8,13-14,16H2,1-2H3. The van der Waals surface area contributed by atoms with Gasteiger partial charge in [-0.1, -0.05) is 37.3 Å². The summed E-state index contributed by atoms with van der Waals surface area (Å²) in [7, 11) is -7.02. The minimum Gasteiger partial charge on any atom is -0.270 e. The Morgan fingerprint density at radius 1 is 1.07 bits per heavy atom. The Morgan fingerprint density at radius 2 is 1.79 bits per heavy atom. The van der Waals surface area contributed by atoms with E-state index in [4.69, 9.17) is 0 Å². The smallest absolute Gasteiger partial charge is 0.243 e. The second kappa shape index (κ2) is 8.23. The highest BCUT2D eigenvalue weighted by Crippen LogP contribution is 2.29. The normalized spacial score (nSPS) is 17.0. The van der Waals surface area contributed by atoms with E-state index < -0.39 is 20.0 Å². The molecule has 8 heteroatoms. The number of benzene rings is 2. The zero-order chi connectivity index (χ0) is 20.4. The monoisotopic (exact) mass is 422 g/mol. The van der Waals surface area contributed by atoms with Gasteiger partial charge in [-0.05, 0) is 49.1 Å². The van der Waals surface area contributed by atoms with E-state index >= 15 is 0 Å². The molecule has 0 spiro atoms. The highest BCUT2D eigenvalue weighted by molar-refractivity contribution is 7.92. The Kier molecular flexibility index (Phi) is 6.12. The highest BCUT2D eigenvalue weighted by Gasteiger charge is 2.29. The third kappa shape index (κ3) is 4.24. The van der Waals surface area contributed by atoms with Crippen molar-refractivity contribution in [2.24, 2.45) is 0 Å². The van der Waals surface area contributed by atoms with Crippen LogP contribution in [0.15, 0.2) is 53.4 Å². The topological polar surface area (TPSA) is 74.8 Å². The molecule has 6 nitrogen and oxygen atoms in total. The predicted octanol–water partition coefficient (Wildman–Crippen LogP) is 3.14. The summed E-state index contributed by atoms with van der Waals surface area (Å²) in [4.78, 5) is 0.212. The Labute approximate surface area is 167 Å². The number of rotatable bonds is 6. The third-order valence-electron chi connectivity index (χ3n) is 4.97. The fourth-order valence-electron chi connectivity index (χ4n) is 3.45. The van der Waals surface area contributed by atoms with Crippen LogP contribution in [0.3, 0.4) is 0 Å². The molecule has 1 aliphatic rings. The van der Waals surface area contributed by atoms with Crippen molar-refractivity contribution in [3.05, 3.63) is 59.7 Å². The van der Waals surface area contributed by atoms with Gasteiger partial charge < -0.3 is 0 Å². The predicted molar refractivity (Wildman–Crippen MR) is 111 cm³/mol. The van der Waals surface area contributed by atoms with Crippen molar-refractivity contribution in [3.63, 3.8) is 0 Å². The Bertz CT molecular complexity index is 1040. The van der Waals surface area contributed by atoms with E-state index in [9.17, 15) is 16.8 Å². The highest BCUT2D eigenvalue weighted by atomic mass is 32.2. The van der Waals surface area contributed by atoms with Gasteiger partial charge in [-0.15, -0.1) is 0 Å². The Balaban J connectivity index is 1.91. The van der Waals surface area contributed by atoms with Gasteiger partial charge in [0.2, 0.25) is 20.0 Å². The molecule has 2 aromatic carbocycles. The van der Waals surface area contributed by atoms with Gasteiger partial charge in [-0.2, -0.15) is 4.31 Å². The van der Waals surface area contributed by atoms with E-state index in [2.05, 4.69) is 0 Å². The molecule has 1 fully saturated rings. The van der Waals surface area contributed by atoms with Gasteiger partial charge in [0.1, 0.15) is 0 Å². The quantitative estimate of drug-likeness (QED) is 0.717. The van der Waals surface area contributed by atoms with Crippen LogP contribution in [-0.2, 0) is 26.6 Å². The minimum atomic E-state index is -3.69. The number of nitrogens with zero attached hydrogens (tertiary/aromatic N) is 2. The van der Waals surface area contributed by atoms with Crippen LogP contribution in [0.1, 0.15) is 30.9 Å². The number of aryl methyl sites for hydroxylation is 1. The summed E-state index contributed by atoms with van der Waals surface area (Å²) in [6, 6.07) is 14.2. The first-order chi connectivity index (χ1) is 13.3. The maximum absolute atomic E-state index is 13.2. The van der Waals surface area contributed by atoms with Crippen molar-refractivity contribution in [3.8, 4) is 0 Å². The maximum Gasteiger partial charge on any atom is 0.243 e. The first kappa shape index (κ1) is 20.8. The molecule has 1 aliphatic heterocycles. The van der Waals surface area contributed by atoms with Gasteiger partial charge in [0.05, 0.1) is 16.3 Å². The molecule has 1 heterocycles. The summed E-state index contributed by atoms with van der Waals surface area (Å²) in [5.74, 6) is 0.132. The van der Waals surface area contributed by atoms with E-state index in [1.54, 1.807) is 19.1 Å². The molecule has 0 unspecified atom stereocenters. The molecule has 0 radical (unpaired) electrons. The van der Waals surface area contributed by atoms with Crippen LogP contribution < -0.4 is 4.31 Å². The molecule has 0 saturated carbocycles. The maximum atomic E-state index is 13.2. The largest absolute Gasteiger partial charge is 0.270 e. The van der Waals surface area contributed by atoms with E-state index in [-0.39, 0.29) is 10.6 Å². The van der Waals surface area contributed by atoms with Crippen molar-refractivity contribution in [2.45, 2.75) is 38.1 Å². The van der Waals surface area contributed by atoms with Crippen molar-refractivity contribution in [1.29, 1.82) is 0 Å². The van der Waals surface area contributed by atoms with Crippen molar-refractivity contribution < 1.29 is 16.8 Å². The molecule has 0 aromatic heterocycles. The summed E-state index contributed by atoms with van der Waals surface area (Å²) in [6.07, 6.45) is 1.47. The van der Waals surface area contributed by atoms with Crippen molar-refractivity contribution >= 4 is 25.7 Å². The molecule has 2 aromatic rings.